The van der Waals surface area contributed by atoms with E-state index < -0.39 is 0 Å². The molecule has 3 saturated heterocycles. The second-order valence-corrected chi connectivity index (χ2v) is 7.71. The number of hydrogen-bond acceptors (Lipinski definition) is 2. The Labute approximate surface area is 145 Å². The molecule has 0 aliphatic carbocycles. The van der Waals surface area contributed by atoms with Gasteiger partial charge in [0.1, 0.15) is 0 Å². The Bertz CT molecular complexity index is 541. The number of carbonyl (C=O) groups excluding carboxylic acids is 1. The van der Waals surface area contributed by atoms with Crippen LogP contribution in [-0.4, -0.2) is 47.0 Å². The van der Waals surface area contributed by atoms with Crippen LogP contribution in [0.2, 0.25) is 0 Å². The number of nitrogens with zero attached hydrogens (tertiary/aromatic N) is 2. The Morgan fingerprint density at radius 3 is 2.33 bits per heavy atom. The molecule has 4 nitrogen and oxygen atoms in total. The van der Waals surface area contributed by atoms with Gasteiger partial charge in [-0.3, -0.25) is 4.90 Å². The van der Waals surface area contributed by atoms with Crippen molar-refractivity contribution in [2.24, 2.45) is 0 Å². The van der Waals surface area contributed by atoms with Crippen LogP contribution in [0, 0.1) is 0 Å². The number of urea groups is 1. The van der Waals surface area contributed by atoms with Crippen LogP contribution in [0.4, 0.5) is 4.79 Å². The van der Waals surface area contributed by atoms with Crippen LogP contribution < -0.4 is 5.32 Å². The summed E-state index contributed by atoms with van der Waals surface area (Å²) in [6.07, 6.45) is 8.44. The molecule has 0 spiro atoms. The van der Waals surface area contributed by atoms with Crippen molar-refractivity contribution in [3.63, 3.8) is 0 Å². The third-order valence-electron chi connectivity index (χ3n) is 6.05. The molecule has 3 aliphatic rings. The summed E-state index contributed by atoms with van der Waals surface area (Å²) in [4.78, 5) is 17.1. The fourth-order valence-electron chi connectivity index (χ4n) is 4.83. The number of amides is 2. The largest absolute Gasteiger partial charge is 0.335 e. The lowest BCUT2D eigenvalue weighted by atomic mass is 9.81. The van der Waals surface area contributed by atoms with Gasteiger partial charge in [-0.25, -0.2) is 4.79 Å². The fraction of sp³-hybridized carbons (Fsp3) is 0.650. The highest BCUT2D eigenvalue weighted by Gasteiger charge is 2.39. The van der Waals surface area contributed by atoms with Crippen molar-refractivity contribution in [2.75, 3.05) is 13.1 Å². The number of rotatable bonds is 3. The molecule has 2 amide bonds. The van der Waals surface area contributed by atoms with Gasteiger partial charge >= 0.3 is 6.03 Å². The first-order valence-corrected chi connectivity index (χ1v) is 9.65. The first-order chi connectivity index (χ1) is 11.8. The molecule has 0 saturated carbocycles. The second kappa shape index (κ2) is 7.14. The van der Waals surface area contributed by atoms with E-state index in [2.05, 4.69) is 40.5 Å². The van der Waals surface area contributed by atoms with E-state index in [1.165, 1.54) is 24.8 Å². The maximum Gasteiger partial charge on any atom is 0.317 e. The molecule has 24 heavy (non-hydrogen) atoms. The molecule has 0 radical (unpaired) electrons. The van der Waals surface area contributed by atoms with Crippen molar-refractivity contribution in [1.29, 1.82) is 0 Å². The molecule has 3 heterocycles. The number of benzene rings is 1. The Hall–Kier alpha value is -1.55. The van der Waals surface area contributed by atoms with Gasteiger partial charge in [-0.2, -0.15) is 0 Å². The van der Waals surface area contributed by atoms with Gasteiger partial charge in [0.05, 0.1) is 0 Å². The number of carbonyl (C=O) groups is 1. The molecule has 0 aromatic heterocycles. The smallest absolute Gasteiger partial charge is 0.317 e. The van der Waals surface area contributed by atoms with Crippen molar-refractivity contribution in [1.82, 2.24) is 15.1 Å². The first-order valence-electron chi connectivity index (χ1n) is 9.65. The molecule has 3 aliphatic heterocycles. The van der Waals surface area contributed by atoms with Gasteiger partial charge in [0, 0.05) is 37.8 Å². The van der Waals surface area contributed by atoms with E-state index in [1.54, 1.807) is 0 Å². The molecule has 1 aromatic rings. The zero-order valence-corrected chi connectivity index (χ0v) is 14.5. The van der Waals surface area contributed by atoms with E-state index in [9.17, 15) is 4.79 Å². The van der Waals surface area contributed by atoms with E-state index in [0.717, 1.165) is 45.3 Å². The predicted octanol–water partition coefficient (Wildman–Crippen LogP) is 3.38. The first kappa shape index (κ1) is 15.9. The molecule has 1 N–H and O–H groups in total. The zero-order valence-electron chi connectivity index (χ0n) is 14.5. The molecule has 3 fully saturated rings. The summed E-state index contributed by atoms with van der Waals surface area (Å²) in [7, 11) is 0. The van der Waals surface area contributed by atoms with Crippen molar-refractivity contribution >= 4 is 6.03 Å². The van der Waals surface area contributed by atoms with Crippen molar-refractivity contribution in [3.8, 4) is 0 Å². The summed E-state index contributed by atoms with van der Waals surface area (Å²) in [5.41, 5.74) is 1.41. The van der Waals surface area contributed by atoms with Crippen LogP contribution in [0.1, 0.15) is 50.5 Å². The average Bonchev–Trinajstić information content (AvgIpc) is 3.11. The Balaban J connectivity index is 1.38. The van der Waals surface area contributed by atoms with Crippen LogP contribution >= 0.6 is 0 Å². The summed E-state index contributed by atoms with van der Waals surface area (Å²) in [5.74, 6) is 0. The topological polar surface area (TPSA) is 35.6 Å². The van der Waals surface area contributed by atoms with Gasteiger partial charge in [0.25, 0.3) is 0 Å². The summed E-state index contributed by atoms with van der Waals surface area (Å²) in [6, 6.07) is 12.6. The van der Waals surface area contributed by atoms with Crippen LogP contribution in [0.5, 0.6) is 0 Å². The Morgan fingerprint density at radius 1 is 1.00 bits per heavy atom. The van der Waals surface area contributed by atoms with Gasteiger partial charge < -0.3 is 10.2 Å². The third kappa shape index (κ3) is 3.44. The number of hydrogen-bond donors (Lipinski definition) is 1. The van der Waals surface area contributed by atoms with Gasteiger partial charge in [-0.1, -0.05) is 36.8 Å². The summed E-state index contributed by atoms with van der Waals surface area (Å²) < 4.78 is 0. The molecule has 1 unspecified atom stereocenters. The minimum absolute atomic E-state index is 0.173. The van der Waals surface area contributed by atoms with Gasteiger partial charge in [0.15, 0.2) is 0 Å². The van der Waals surface area contributed by atoms with Crippen LogP contribution in [0.3, 0.4) is 0 Å². The van der Waals surface area contributed by atoms with E-state index >= 15 is 0 Å². The van der Waals surface area contributed by atoms with Crippen molar-refractivity contribution in [2.45, 2.75) is 69.6 Å². The normalized spacial score (nSPS) is 30.3. The molecular formula is C20H29N3O. The number of nitrogens with one attached hydrogen (secondary N) is 1. The molecule has 1 aromatic carbocycles. The lowest BCUT2D eigenvalue weighted by molar-refractivity contribution is 0.0189. The standard InChI is InChI=1S/C20H29N3O/c24-20(22-11-4-5-12-22)21-17-13-18-9-6-10-19(14-17)23(18)15-16-7-2-1-3-8-16/h1-3,7-8,17-19H,4-6,9-15H2,(H,21,24)/t17?,18-,19+. The van der Waals surface area contributed by atoms with E-state index in [-0.39, 0.29) is 6.03 Å². The zero-order chi connectivity index (χ0) is 16.4. The number of piperidine rings is 2. The van der Waals surface area contributed by atoms with Crippen molar-refractivity contribution in [3.05, 3.63) is 35.9 Å². The van der Waals surface area contributed by atoms with E-state index in [1.807, 2.05) is 4.90 Å². The van der Waals surface area contributed by atoms with Gasteiger partial charge in [-0.15, -0.1) is 0 Å². The van der Waals surface area contributed by atoms with E-state index in [0.29, 0.717) is 18.1 Å². The number of fused-ring (bicyclic) bond motifs is 2. The highest BCUT2D eigenvalue weighted by Crippen LogP contribution is 2.35. The van der Waals surface area contributed by atoms with Crippen LogP contribution in [-0.2, 0) is 6.54 Å². The lowest BCUT2D eigenvalue weighted by Gasteiger charge is -2.49. The predicted molar refractivity (Wildman–Crippen MR) is 95.8 cm³/mol. The fourth-order valence-corrected chi connectivity index (χ4v) is 4.83. The molecule has 3 atom stereocenters. The maximum absolute atomic E-state index is 12.4. The Kier molecular flexibility index (Phi) is 4.74. The quantitative estimate of drug-likeness (QED) is 0.924. The average molecular weight is 327 g/mol. The monoisotopic (exact) mass is 327 g/mol. The summed E-state index contributed by atoms with van der Waals surface area (Å²) in [6.45, 7) is 2.93. The Morgan fingerprint density at radius 2 is 1.67 bits per heavy atom. The van der Waals surface area contributed by atoms with Crippen LogP contribution in [0.15, 0.2) is 30.3 Å². The third-order valence-corrected chi connectivity index (χ3v) is 6.05. The lowest BCUT2D eigenvalue weighted by Crippen LogP contribution is -2.57. The summed E-state index contributed by atoms with van der Waals surface area (Å²) in [5, 5.41) is 3.33. The second-order valence-electron chi connectivity index (χ2n) is 7.71. The molecule has 2 bridgehead atoms. The maximum atomic E-state index is 12.4. The molecule has 4 heteroatoms. The van der Waals surface area contributed by atoms with Crippen molar-refractivity contribution < 1.29 is 4.79 Å². The molecular weight excluding hydrogens is 298 g/mol. The molecule has 130 valence electrons. The summed E-state index contributed by atoms with van der Waals surface area (Å²) >= 11 is 0. The highest BCUT2D eigenvalue weighted by atomic mass is 16.2. The minimum atomic E-state index is 0.173. The van der Waals surface area contributed by atoms with Gasteiger partial charge in [0.2, 0.25) is 0 Å². The van der Waals surface area contributed by atoms with Crippen LogP contribution in [0.25, 0.3) is 0 Å². The molecule has 4 rings (SSSR count). The highest BCUT2D eigenvalue weighted by molar-refractivity contribution is 5.74. The van der Waals surface area contributed by atoms with E-state index in [4.69, 9.17) is 0 Å². The minimum Gasteiger partial charge on any atom is -0.335 e. The van der Waals surface area contributed by atoms with Gasteiger partial charge in [-0.05, 0) is 44.1 Å². The SMILES string of the molecule is O=C(NC1C[C@H]2CCC[C@@H](C1)N2Cc1ccccc1)N1CCCC1. The number of likely N-dealkylation sites (tertiary alicyclic amines) is 1.